The van der Waals surface area contributed by atoms with Gasteiger partial charge in [0.2, 0.25) is 0 Å². The molecule has 0 fully saturated rings. The molecule has 0 aliphatic carbocycles. The maximum atomic E-state index is 13.5. The Bertz CT molecular complexity index is 1080. The van der Waals surface area contributed by atoms with Crippen LogP contribution in [0.25, 0.3) is 10.2 Å². The largest absolute Gasteiger partial charge is 0.277 e. The standard InChI is InChI=1S/C18H11BrFN3OS2/c19-16-7-6-14(25-16)17(24)23(10-12-3-1-2-8-21-12)18-22-13-5-4-11(20)9-15(13)26-18/h1-9H,10H2. The zero-order valence-electron chi connectivity index (χ0n) is 13.2. The maximum Gasteiger partial charge on any atom is 0.270 e. The summed E-state index contributed by atoms with van der Waals surface area (Å²) in [5.74, 6) is -0.483. The SMILES string of the molecule is O=C(c1ccc(Br)s1)N(Cc1ccccn1)c1nc2ccc(F)cc2s1. The first-order chi connectivity index (χ1) is 12.6. The molecule has 0 aliphatic rings. The van der Waals surface area contributed by atoms with Crippen LogP contribution in [0.5, 0.6) is 0 Å². The molecule has 0 saturated carbocycles. The van der Waals surface area contributed by atoms with Gasteiger partial charge in [0.15, 0.2) is 5.13 Å². The summed E-state index contributed by atoms with van der Waals surface area (Å²) in [7, 11) is 0. The van der Waals surface area contributed by atoms with E-state index in [1.54, 1.807) is 23.2 Å². The molecule has 1 amide bonds. The molecule has 26 heavy (non-hydrogen) atoms. The van der Waals surface area contributed by atoms with Gasteiger partial charge in [0.25, 0.3) is 5.91 Å². The molecule has 4 nitrogen and oxygen atoms in total. The van der Waals surface area contributed by atoms with Gasteiger partial charge in [-0.25, -0.2) is 9.37 Å². The molecule has 3 heterocycles. The predicted octanol–water partition coefficient (Wildman–Crippen LogP) is 5.50. The molecule has 4 rings (SSSR count). The van der Waals surface area contributed by atoms with Gasteiger partial charge < -0.3 is 0 Å². The second-order valence-electron chi connectivity index (χ2n) is 5.42. The highest BCUT2D eigenvalue weighted by atomic mass is 79.9. The fourth-order valence-electron chi connectivity index (χ4n) is 2.44. The van der Waals surface area contributed by atoms with Crippen molar-refractivity contribution >= 4 is 59.9 Å². The van der Waals surface area contributed by atoms with E-state index >= 15 is 0 Å². The number of anilines is 1. The van der Waals surface area contributed by atoms with Gasteiger partial charge in [-0.05, 0) is 58.4 Å². The molecule has 3 aromatic heterocycles. The van der Waals surface area contributed by atoms with Crippen LogP contribution in [-0.4, -0.2) is 15.9 Å². The van der Waals surface area contributed by atoms with Gasteiger partial charge in [-0.1, -0.05) is 17.4 Å². The van der Waals surface area contributed by atoms with Crippen molar-refractivity contribution in [2.24, 2.45) is 0 Å². The van der Waals surface area contributed by atoms with Gasteiger partial charge >= 0.3 is 0 Å². The van der Waals surface area contributed by atoms with Crippen molar-refractivity contribution in [2.45, 2.75) is 6.54 Å². The number of rotatable bonds is 4. The van der Waals surface area contributed by atoms with Crippen molar-refractivity contribution in [3.8, 4) is 0 Å². The number of nitrogens with zero attached hydrogens (tertiary/aromatic N) is 3. The molecule has 0 atom stereocenters. The molecular formula is C18H11BrFN3OS2. The molecule has 0 aliphatic heterocycles. The number of benzene rings is 1. The van der Waals surface area contributed by atoms with Crippen molar-refractivity contribution in [2.75, 3.05) is 4.90 Å². The number of halogens is 2. The average molecular weight is 448 g/mol. The third-order valence-electron chi connectivity index (χ3n) is 3.65. The summed E-state index contributed by atoms with van der Waals surface area (Å²) in [4.78, 5) is 24.1. The third kappa shape index (κ3) is 3.53. The summed E-state index contributed by atoms with van der Waals surface area (Å²) in [6, 6.07) is 13.6. The Kier molecular flexibility index (Phi) is 4.80. The Morgan fingerprint density at radius 2 is 2.04 bits per heavy atom. The topological polar surface area (TPSA) is 46.1 Å². The zero-order valence-corrected chi connectivity index (χ0v) is 16.4. The van der Waals surface area contributed by atoms with Gasteiger partial charge in [0.1, 0.15) is 5.82 Å². The minimum absolute atomic E-state index is 0.161. The van der Waals surface area contributed by atoms with Crippen LogP contribution >= 0.6 is 38.6 Å². The molecule has 0 radical (unpaired) electrons. The highest BCUT2D eigenvalue weighted by Gasteiger charge is 2.23. The Balaban J connectivity index is 1.76. The van der Waals surface area contributed by atoms with E-state index in [4.69, 9.17) is 0 Å². The Hall–Kier alpha value is -2.16. The molecular weight excluding hydrogens is 437 g/mol. The van der Waals surface area contributed by atoms with Gasteiger partial charge in [-0.3, -0.25) is 14.7 Å². The minimum atomic E-state index is -0.322. The number of carbonyl (C=O) groups excluding carboxylic acids is 1. The van der Waals surface area contributed by atoms with Crippen LogP contribution in [0.1, 0.15) is 15.4 Å². The lowest BCUT2D eigenvalue weighted by Crippen LogP contribution is -2.30. The van der Waals surface area contributed by atoms with E-state index in [0.717, 1.165) is 9.48 Å². The molecule has 0 unspecified atom stereocenters. The Labute approximate surface area is 165 Å². The van der Waals surface area contributed by atoms with Gasteiger partial charge in [0, 0.05) is 6.20 Å². The lowest BCUT2D eigenvalue weighted by Gasteiger charge is -2.18. The van der Waals surface area contributed by atoms with E-state index in [0.29, 0.717) is 20.2 Å². The fourth-order valence-corrected chi connectivity index (χ4v) is 4.77. The first kappa shape index (κ1) is 17.3. The van der Waals surface area contributed by atoms with Crippen LogP contribution in [0.2, 0.25) is 0 Å². The average Bonchev–Trinajstić information content (AvgIpc) is 3.25. The molecule has 0 N–H and O–H groups in total. The number of thiazole rings is 1. The normalized spacial score (nSPS) is 11.0. The molecule has 1 aromatic carbocycles. The maximum absolute atomic E-state index is 13.5. The van der Waals surface area contributed by atoms with Crippen molar-refractivity contribution in [3.05, 3.63) is 74.9 Å². The number of thiophene rings is 1. The number of pyridine rings is 1. The fraction of sp³-hybridized carbons (Fsp3) is 0.0556. The first-order valence-electron chi connectivity index (χ1n) is 7.63. The van der Waals surface area contributed by atoms with Crippen LogP contribution in [0.3, 0.4) is 0 Å². The monoisotopic (exact) mass is 447 g/mol. The van der Waals surface area contributed by atoms with Crippen LogP contribution < -0.4 is 4.90 Å². The van der Waals surface area contributed by atoms with Crippen molar-refractivity contribution in [1.29, 1.82) is 0 Å². The second-order valence-corrected chi connectivity index (χ2v) is 8.90. The lowest BCUT2D eigenvalue weighted by molar-refractivity contribution is 0.0988. The van der Waals surface area contributed by atoms with Crippen molar-refractivity contribution < 1.29 is 9.18 Å². The first-order valence-corrected chi connectivity index (χ1v) is 10.1. The number of hydrogen-bond acceptors (Lipinski definition) is 5. The Morgan fingerprint density at radius 1 is 1.15 bits per heavy atom. The quantitative estimate of drug-likeness (QED) is 0.414. The van der Waals surface area contributed by atoms with Crippen LogP contribution in [0, 0.1) is 5.82 Å². The Morgan fingerprint density at radius 3 is 2.77 bits per heavy atom. The van der Waals surface area contributed by atoms with E-state index in [1.165, 1.54) is 34.8 Å². The third-order valence-corrected chi connectivity index (χ3v) is 6.30. The molecule has 130 valence electrons. The molecule has 4 aromatic rings. The lowest BCUT2D eigenvalue weighted by atomic mass is 10.3. The smallest absolute Gasteiger partial charge is 0.270 e. The number of amides is 1. The highest BCUT2D eigenvalue weighted by Crippen LogP contribution is 2.32. The van der Waals surface area contributed by atoms with Crippen LogP contribution in [0.15, 0.2) is 58.5 Å². The van der Waals surface area contributed by atoms with Crippen LogP contribution in [0.4, 0.5) is 9.52 Å². The highest BCUT2D eigenvalue weighted by molar-refractivity contribution is 9.11. The number of aromatic nitrogens is 2. The number of carbonyl (C=O) groups is 1. The van der Waals surface area contributed by atoms with E-state index in [1.807, 2.05) is 24.3 Å². The number of hydrogen-bond donors (Lipinski definition) is 0. The summed E-state index contributed by atoms with van der Waals surface area (Å²) >= 11 is 6.04. The summed E-state index contributed by atoms with van der Waals surface area (Å²) in [5.41, 5.74) is 1.42. The molecule has 0 bridgehead atoms. The summed E-state index contributed by atoms with van der Waals surface area (Å²) in [6.07, 6.45) is 1.69. The van der Waals surface area contributed by atoms with Gasteiger partial charge in [-0.15, -0.1) is 11.3 Å². The van der Waals surface area contributed by atoms with E-state index in [9.17, 15) is 9.18 Å². The van der Waals surface area contributed by atoms with Gasteiger partial charge in [-0.2, -0.15) is 0 Å². The number of fused-ring (bicyclic) bond motifs is 1. The van der Waals surface area contributed by atoms with Crippen molar-refractivity contribution in [1.82, 2.24) is 9.97 Å². The van der Waals surface area contributed by atoms with Crippen molar-refractivity contribution in [3.63, 3.8) is 0 Å². The summed E-state index contributed by atoms with van der Waals surface area (Å²) in [6.45, 7) is 0.289. The predicted molar refractivity (Wildman–Crippen MR) is 106 cm³/mol. The van der Waals surface area contributed by atoms with E-state index in [-0.39, 0.29) is 18.3 Å². The van der Waals surface area contributed by atoms with Crippen LogP contribution in [-0.2, 0) is 6.54 Å². The van der Waals surface area contributed by atoms with Gasteiger partial charge in [0.05, 0.1) is 31.1 Å². The molecule has 0 spiro atoms. The zero-order chi connectivity index (χ0) is 18.1. The second kappa shape index (κ2) is 7.22. The molecule has 8 heteroatoms. The summed E-state index contributed by atoms with van der Waals surface area (Å²) < 4.78 is 15.1. The summed E-state index contributed by atoms with van der Waals surface area (Å²) in [5, 5.41) is 0.519. The minimum Gasteiger partial charge on any atom is -0.277 e. The molecule has 0 saturated heterocycles. The van der Waals surface area contributed by atoms with E-state index < -0.39 is 0 Å². The van der Waals surface area contributed by atoms with E-state index in [2.05, 4.69) is 25.9 Å².